The van der Waals surface area contributed by atoms with Crippen molar-refractivity contribution < 1.29 is 9.31 Å². The van der Waals surface area contributed by atoms with Gasteiger partial charge in [0, 0.05) is 16.5 Å². The number of benzene rings is 5. The predicted octanol–water partition coefficient (Wildman–Crippen LogP) is 7.90. The molecule has 1 aliphatic heterocycles. The molecule has 0 aliphatic carbocycles. The number of nitrogens with zero attached hydrogens (tertiary/aromatic N) is 1. The molecule has 186 valence electrons. The summed E-state index contributed by atoms with van der Waals surface area (Å²) >= 11 is 0. The molecule has 1 aliphatic rings. The van der Waals surface area contributed by atoms with Gasteiger partial charge in [-0.2, -0.15) is 0 Å². The Morgan fingerprint density at radius 2 is 1.16 bits per heavy atom. The molecule has 0 N–H and O–H groups in total. The van der Waals surface area contributed by atoms with Crippen LogP contribution in [0.15, 0.2) is 109 Å². The Balaban J connectivity index is 1.40. The standard InChI is InChI=1S/C34H30BNO2/c1-33(2)34(3,4)38-35(37-33)27-15-17-28(18-16-27)36-31-19-14-26(23-10-6-5-7-11-23)21-29(31)30-20-24-12-8-9-13-25(24)22-32(30)36/h5-22H,1-4H3. The van der Waals surface area contributed by atoms with Crippen LogP contribution >= 0.6 is 0 Å². The Morgan fingerprint density at radius 1 is 0.553 bits per heavy atom. The van der Waals surface area contributed by atoms with Crippen LogP contribution in [0.4, 0.5) is 0 Å². The lowest BCUT2D eigenvalue weighted by atomic mass is 9.79. The van der Waals surface area contributed by atoms with Crippen LogP contribution in [0.3, 0.4) is 0 Å². The summed E-state index contributed by atoms with van der Waals surface area (Å²) in [7, 11) is -0.371. The molecule has 0 unspecified atom stereocenters. The largest absolute Gasteiger partial charge is 0.494 e. The zero-order valence-corrected chi connectivity index (χ0v) is 22.2. The Labute approximate surface area is 223 Å². The highest BCUT2D eigenvalue weighted by molar-refractivity contribution is 6.62. The fraction of sp³-hybridized carbons (Fsp3) is 0.176. The first-order valence-electron chi connectivity index (χ1n) is 13.3. The van der Waals surface area contributed by atoms with E-state index in [1.54, 1.807) is 0 Å². The maximum atomic E-state index is 6.30. The van der Waals surface area contributed by atoms with Crippen molar-refractivity contribution in [3.05, 3.63) is 109 Å². The lowest BCUT2D eigenvalue weighted by Gasteiger charge is -2.32. The molecule has 0 radical (unpaired) electrons. The van der Waals surface area contributed by atoms with Crippen molar-refractivity contribution >= 4 is 45.2 Å². The van der Waals surface area contributed by atoms with Gasteiger partial charge in [-0.15, -0.1) is 0 Å². The minimum atomic E-state index is -0.371. The van der Waals surface area contributed by atoms with Gasteiger partial charge in [-0.3, -0.25) is 0 Å². The highest BCUT2D eigenvalue weighted by atomic mass is 16.7. The molecule has 1 saturated heterocycles. The average molecular weight is 495 g/mol. The van der Waals surface area contributed by atoms with Crippen molar-refractivity contribution in [2.75, 3.05) is 0 Å². The van der Waals surface area contributed by atoms with Crippen LogP contribution in [-0.4, -0.2) is 22.9 Å². The smallest absolute Gasteiger partial charge is 0.399 e. The number of hydrogen-bond acceptors (Lipinski definition) is 2. The summed E-state index contributed by atoms with van der Waals surface area (Å²) in [5.41, 5.74) is 6.27. The van der Waals surface area contributed by atoms with Gasteiger partial charge in [0.25, 0.3) is 0 Å². The fourth-order valence-corrected chi connectivity index (χ4v) is 5.55. The van der Waals surface area contributed by atoms with E-state index in [1.807, 2.05) is 0 Å². The van der Waals surface area contributed by atoms with E-state index in [1.165, 1.54) is 43.7 Å². The second-order valence-electron chi connectivity index (χ2n) is 11.3. The molecule has 38 heavy (non-hydrogen) atoms. The van der Waals surface area contributed by atoms with Gasteiger partial charge in [0.05, 0.1) is 22.2 Å². The Morgan fingerprint density at radius 3 is 1.84 bits per heavy atom. The fourth-order valence-electron chi connectivity index (χ4n) is 5.55. The van der Waals surface area contributed by atoms with Gasteiger partial charge < -0.3 is 13.9 Å². The van der Waals surface area contributed by atoms with Crippen LogP contribution in [-0.2, 0) is 9.31 Å². The first-order chi connectivity index (χ1) is 18.3. The van der Waals surface area contributed by atoms with E-state index in [-0.39, 0.29) is 18.3 Å². The number of hydrogen-bond donors (Lipinski definition) is 0. The van der Waals surface area contributed by atoms with Gasteiger partial charge in [0.15, 0.2) is 0 Å². The minimum Gasteiger partial charge on any atom is -0.399 e. The Kier molecular flexibility index (Phi) is 5.10. The molecule has 0 saturated carbocycles. The van der Waals surface area contributed by atoms with Gasteiger partial charge >= 0.3 is 7.12 Å². The van der Waals surface area contributed by atoms with Crippen molar-refractivity contribution in [3.8, 4) is 16.8 Å². The first kappa shape index (κ1) is 23.3. The van der Waals surface area contributed by atoms with E-state index < -0.39 is 0 Å². The van der Waals surface area contributed by atoms with Gasteiger partial charge in [0.1, 0.15) is 0 Å². The molecular weight excluding hydrogens is 465 g/mol. The molecule has 0 bridgehead atoms. The average Bonchev–Trinajstić information content (AvgIpc) is 3.36. The number of aromatic nitrogens is 1. The minimum absolute atomic E-state index is 0.360. The molecular formula is C34H30BNO2. The monoisotopic (exact) mass is 495 g/mol. The van der Waals surface area contributed by atoms with E-state index >= 15 is 0 Å². The van der Waals surface area contributed by atoms with Crippen molar-refractivity contribution in [2.24, 2.45) is 0 Å². The molecule has 6 aromatic rings. The maximum Gasteiger partial charge on any atom is 0.494 e. The molecule has 0 atom stereocenters. The zero-order valence-electron chi connectivity index (χ0n) is 22.2. The third kappa shape index (κ3) is 3.59. The molecule has 3 nitrogen and oxygen atoms in total. The van der Waals surface area contributed by atoms with E-state index in [0.717, 1.165) is 11.2 Å². The second-order valence-corrected chi connectivity index (χ2v) is 11.3. The van der Waals surface area contributed by atoms with Crippen molar-refractivity contribution in [1.29, 1.82) is 0 Å². The summed E-state index contributed by atoms with van der Waals surface area (Å²) in [5, 5.41) is 5.00. The quantitative estimate of drug-likeness (QED) is 0.233. The Hall–Kier alpha value is -3.86. The van der Waals surface area contributed by atoms with Crippen LogP contribution in [0.5, 0.6) is 0 Å². The summed E-state index contributed by atoms with van der Waals surface area (Å²) in [4.78, 5) is 0. The van der Waals surface area contributed by atoms with Crippen LogP contribution in [0, 0.1) is 0 Å². The predicted molar refractivity (Wildman–Crippen MR) is 159 cm³/mol. The molecule has 1 aromatic heterocycles. The third-order valence-electron chi connectivity index (χ3n) is 8.42. The highest BCUT2D eigenvalue weighted by Gasteiger charge is 2.51. The molecule has 0 spiro atoms. The van der Waals surface area contributed by atoms with Crippen molar-refractivity contribution in [2.45, 2.75) is 38.9 Å². The lowest BCUT2D eigenvalue weighted by molar-refractivity contribution is 0.00578. The van der Waals surface area contributed by atoms with Crippen molar-refractivity contribution in [1.82, 2.24) is 4.57 Å². The van der Waals surface area contributed by atoms with Gasteiger partial charge in [-0.05, 0) is 91.5 Å². The summed E-state index contributed by atoms with van der Waals surface area (Å²) < 4.78 is 15.0. The maximum absolute atomic E-state index is 6.30. The SMILES string of the molecule is CC1(C)OB(c2ccc(-n3c4ccc(-c5ccccc5)cc4c4cc5ccccc5cc43)cc2)OC1(C)C. The van der Waals surface area contributed by atoms with E-state index in [0.29, 0.717) is 0 Å². The summed E-state index contributed by atoms with van der Waals surface area (Å²) in [6.45, 7) is 8.36. The molecule has 7 rings (SSSR count). The van der Waals surface area contributed by atoms with Gasteiger partial charge in [-0.25, -0.2) is 0 Å². The van der Waals surface area contributed by atoms with Gasteiger partial charge in [-0.1, -0.05) is 72.8 Å². The molecule has 2 heterocycles. The van der Waals surface area contributed by atoms with E-state index in [4.69, 9.17) is 9.31 Å². The summed E-state index contributed by atoms with van der Waals surface area (Å²) in [6.07, 6.45) is 0. The molecule has 5 aromatic carbocycles. The van der Waals surface area contributed by atoms with Crippen LogP contribution < -0.4 is 5.46 Å². The first-order valence-corrected chi connectivity index (χ1v) is 13.3. The van der Waals surface area contributed by atoms with Crippen LogP contribution in [0.25, 0.3) is 49.4 Å². The van der Waals surface area contributed by atoms with E-state index in [9.17, 15) is 0 Å². The zero-order chi connectivity index (χ0) is 26.1. The molecule has 0 amide bonds. The normalized spacial score (nSPS) is 16.6. The van der Waals surface area contributed by atoms with E-state index in [2.05, 4.69) is 141 Å². The van der Waals surface area contributed by atoms with Crippen LogP contribution in [0.1, 0.15) is 27.7 Å². The second kappa shape index (κ2) is 8.32. The number of fused-ring (bicyclic) bond motifs is 4. The lowest BCUT2D eigenvalue weighted by Crippen LogP contribution is -2.41. The highest BCUT2D eigenvalue weighted by Crippen LogP contribution is 2.38. The molecule has 1 fully saturated rings. The van der Waals surface area contributed by atoms with Gasteiger partial charge in [0.2, 0.25) is 0 Å². The van der Waals surface area contributed by atoms with Crippen LogP contribution in [0.2, 0.25) is 0 Å². The number of rotatable bonds is 3. The molecule has 4 heteroatoms. The van der Waals surface area contributed by atoms with Crippen molar-refractivity contribution in [3.63, 3.8) is 0 Å². The summed E-state index contributed by atoms with van der Waals surface area (Å²) in [6, 6.07) is 39.3. The third-order valence-corrected chi connectivity index (χ3v) is 8.42. The summed E-state index contributed by atoms with van der Waals surface area (Å²) in [5.74, 6) is 0. The Bertz CT molecular complexity index is 1800. The topological polar surface area (TPSA) is 23.4 Å².